The lowest BCUT2D eigenvalue weighted by Crippen LogP contribution is -2.18. The summed E-state index contributed by atoms with van der Waals surface area (Å²) in [7, 11) is 0. The van der Waals surface area contributed by atoms with Gasteiger partial charge in [-0.1, -0.05) is 6.92 Å². The van der Waals surface area contributed by atoms with Gasteiger partial charge in [0, 0.05) is 10.6 Å². The van der Waals surface area contributed by atoms with Gasteiger partial charge in [-0.2, -0.15) is 5.26 Å². The molecule has 1 atom stereocenters. The summed E-state index contributed by atoms with van der Waals surface area (Å²) in [6.45, 7) is 7.39. The van der Waals surface area contributed by atoms with Gasteiger partial charge in [0.05, 0.1) is 11.7 Å². The van der Waals surface area contributed by atoms with Gasteiger partial charge in [-0.25, -0.2) is 4.79 Å². The smallest absolute Gasteiger partial charge is 0.341 e. The van der Waals surface area contributed by atoms with Crippen molar-refractivity contribution >= 4 is 28.2 Å². The molecule has 0 saturated carbocycles. The number of carbonyl (C=O) groups is 2. The van der Waals surface area contributed by atoms with Gasteiger partial charge in [0.25, 0.3) is 5.91 Å². The number of hydrogen-bond donors (Lipinski definition) is 2. The third kappa shape index (κ3) is 4.20. The number of anilines is 1. The first-order valence-electron chi connectivity index (χ1n) is 8.27. The maximum atomic E-state index is 12.6. The molecule has 1 amide bonds. The minimum absolute atomic E-state index is 0.150. The van der Waals surface area contributed by atoms with Crippen molar-refractivity contribution < 1.29 is 14.3 Å². The van der Waals surface area contributed by atoms with E-state index in [1.54, 1.807) is 26.8 Å². The highest BCUT2D eigenvalue weighted by Gasteiger charge is 2.29. The zero-order valence-corrected chi connectivity index (χ0v) is 15.8. The van der Waals surface area contributed by atoms with Crippen molar-refractivity contribution in [2.75, 3.05) is 5.32 Å². The van der Waals surface area contributed by atoms with Crippen LogP contribution in [0.25, 0.3) is 0 Å². The molecule has 1 aromatic heterocycles. The standard InChI is InChI=1S/C18H23N3O3S/c1-9(2)24-18(23)15-12-6-5-10(3)7-14(12)25-17(15)21-11(4)13(8-19)16(20)22/h9-10,21H,5-7H2,1-4H3,(H2,20,22)/b13-11+. The van der Waals surface area contributed by atoms with Crippen LogP contribution in [0.3, 0.4) is 0 Å². The molecule has 3 N–H and O–H groups in total. The second kappa shape index (κ2) is 7.70. The quantitative estimate of drug-likeness (QED) is 0.476. The number of nitrogens with two attached hydrogens (primary N) is 1. The Kier molecular flexibility index (Phi) is 5.85. The summed E-state index contributed by atoms with van der Waals surface area (Å²) in [4.78, 5) is 25.1. The fourth-order valence-electron chi connectivity index (χ4n) is 2.88. The Morgan fingerprint density at radius 2 is 2.12 bits per heavy atom. The van der Waals surface area contributed by atoms with E-state index in [1.165, 1.54) is 11.3 Å². The molecule has 0 saturated heterocycles. The van der Waals surface area contributed by atoms with Crippen molar-refractivity contribution in [3.63, 3.8) is 0 Å². The zero-order chi connectivity index (χ0) is 18.7. The molecule has 1 aliphatic rings. The molecule has 1 aliphatic carbocycles. The molecule has 0 fully saturated rings. The molecule has 0 bridgehead atoms. The number of fused-ring (bicyclic) bond motifs is 1. The van der Waals surface area contributed by atoms with Crippen molar-refractivity contribution in [1.82, 2.24) is 0 Å². The summed E-state index contributed by atoms with van der Waals surface area (Å²) in [5, 5.41) is 12.8. The molecular weight excluding hydrogens is 338 g/mol. The molecule has 1 heterocycles. The SMILES string of the molecule is C/C(Nc1sc2c(c1C(=O)OC(C)C)CCC(C)C2)=C(/C#N)C(N)=O. The summed E-state index contributed by atoms with van der Waals surface area (Å²) >= 11 is 1.48. The molecule has 0 aromatic carbocycles. The van der Waals surface area contributed by atoms with Crippen molar-refractivity contribution in [3.8, 4) is 6.07 Å². The number of primary amides is 1. The Morgan fingerprint density at radius 1 is 1.44 bits per heavy atom. The van der Waals surface area contributed by atoms with Crippen molar-refractivity contribution in [1.29, 1.82) is 5.26 Å². The number of nitrogens with one attached hydrogen (secondary N) is 1. The van der Waals surface area contributed by atoms with Crippen molar-refractivity contribution in [3.05, 3.63) is 27.3 Å². The molecular formula is C18H23N3O3S. The molecule has 2 rings (SSSR count). The van der Waals surface area contributed by atoms with E-state index in [2.05, 4.69) is 12.2 Å². The summed E-state index contributed by atoms with van der Waals surface area (Å²) in [5.41, 5.74) is 6.95. The Balaban J connectivity index is 2.48. The molecule has 0 spiro atoms. The topological polar surface area (TPSA) is 105 Å². The van der Waals surface area contributed by atoms with Crippen LogP contribution in [0, 0.1) is 17.2 Å². The van der Waals surface area contributed by atoms with Crippen LogP contribution in [0.15, 0.2) is 11.3 Å². The number of nitrogens with zero attached hydrogens (tertiary/aromatic N) is 1. The van der Waals surface area contributed by atoms with Gasteiger partial charge in [0.1, 0.15) is 16.6 Å². The highest BCUT2D eigenvalue weighted by atomic mass is 32.1. The average Bonchev–Trinajstić information content (AvgIpc) is 2.83. The molecule has 7 heteroatoms. The second-order valence-corrected chi connectivity index (χ2v) is 7.72. The van der Waals surface area contributed by atoms with Crippen LogP contribution in [0.2, 0.25) is 0 Å². The largest absolute Gasteiger partial charge is 0.459 e. The normalized spacial score (nSPS) is 17.4. The molecule has 25 heavy (non-hydrogen) atoms. The van der Waals surface area contributed by atoms with E-state index in [1.807, 2.05) is 0 Å². The fourth-order valence-corrected chi connectivity index (χ4v) is 4.34. The van der Waals surface area contributed by atoms with Gasteiger partial charge in [-0.15, -0.1) is 11.3 Å². The number of hydrogen-bond acceptors (Lipinski definition) is 6. The van der Waals surface area contributed by atoms with Gasteiger partial charge in [-0.3, -0.25) is 4.79 Å². The second-order valence-electron chi connectivity index (χ2n) is 6.61. The monoisotopic (exact) mass is 361 g/mol. The fraction of sp³-hybridized carbons (Fsp3) is 0.500. The minimum atomic E-state index is -0.797. The highest BCUT2D eigenvalue weighted by Crippen LogP contribution is 2.40. The zero-order valence-electron chi connectivity index (χ0n) is 14.9. The van der Waals surface area contributed by atoms with E-state index in [0.717, 1.165) is 29.7 Å². The van der Waals surface area contributed by atoms with E-state index >= 15 is 0 Å². The van der Waals surface area contributed by atoms with Crippen molar-refractivity contribution in [2.45, 2.75) is 53.1 Å². The van der Waals surface area contributed by atoms with E-state index in [0.29, 0.717) is 22.2 Å². The van der Waals surface area contributed by atoms with E-state index < -0.39 is 5.91 Å². The number of esters is 1. The number of allylic oxidation sites excluding steroid dienone is 1. The lowest BCUT2D eigenvalue weighted by atomic mass is 9.88. The third-order valence-electron chi connectivity index (χ3n) is 4.09. The predicted octanol–water partition coefficient (Wildman–Crippen LogP) is 3.13. The highest BCUT2D eigenvalue weighted by molar-refractivity contribution is 7.16. The van der Waals surface area contributed by atoms with E-state index in [4.69, 9.17) is 15.7 Å². The Labute approximate surface area is 151 Å². The van der Waals surface area contributed by atoms with Gasteiger partial charge in [-0.05, 0) is 51.5 Å². The van der Waals surface area contributed by atoms with Crippen molar-refractivity contribution in [2.24, 2.45) is 11.7 Å². The van der Waals surface area contributed by atoms with Crippen LogP contribution < -0.4 is 11.1 Å². The summed E-state index contributed by atoms with van der Waals surface area (Å²) in [5.74, 6) is -0.617. The summed E-state index contributed by atoms with van der Waals surface area (Å²) < 4.78 is 5.40. The number of rotatable bonds is 5. The third-order valence-corrected chi connectivity index (χ3v) is 5.26. The maximum absolute atomic E-state index is 12.6. The summed E-state index contributed by atoms with van der Waals surface area (Å²) in [6, 6.07) is 1.80. The molecule has 1 aromatic rings. The lowest BCUT2D eigenvalue weighted by molar-refractivity contribution is -0.114. The van der Waals surface area contributed by atoms with Gasteiger partial charge >= 0.3 is 5.97 Å². The Morgan fingerprint density at radius 3 is 2.68 bits per heavy atom. The van der Waals surface area contributed by atoms with Crippen LogP contribution in [-0.2, 0) is 22.4 Å². The number of carbonyl (C=O) groups excluding carboxylic acids is 2. The minimum Gasteiger partial charge on any atom is -0.459 e. The van der Waals surface area contributed by atoms with E-state index in [-0.39, 0.29) is 17.6 Å². The van der Waals surface area contributed by atoms with Crippen LogP contribution in [0.1, 0.15) is 54.9 Å². The first-order chi connectivity index (χ1) is 11.7. The molecule has 134 valence electrons. The number of nitriles is 1. The molecule has 0 radical (unpaired) electrons. The van der Waals surface area contributed by atoms with Crippen LogP contribution in [0.4, 0.5) is 5.00 Å². The summed E-state index contributed by atoms with van der Waals surface area (Å²) in [6.07, 6.45) is 2.52. The number of amides is 1. The average molecular weight is 361 g/mol. The molecule has 0 aliphatic heterocycles. The van der Waals surface area contributed by atoms with Gasteiger partial charge < -0.3 is 15.8 Å². The lowest BCUT2D eigenvalue weighted by Gasteiger charge is -2.19. The van der Waals surface area contributed by atoms with Crippen LogP contribution in [0.5, 0.6) is 0 Å². The molecule has 6 nitrogen and oxygen atoms in total. The number of ether oxygens (including phenoxy) is 1. The first kappa shape index (κ1) is 19.0. The van der Waals surface area contributed by atoms with Gasteiger partial charge in [0.15, 0.2) is 0 Å². The van der Waals surface area contributed by atoms with Crippen LogP contribution >= 0.6 is 11.3 Å². The first-order valence-corrected chi connectivity index (χ1v) is 9.09. The Bertz CT molecular complexity index is 771. The predicted molar refractivity (Wildman–Crippen MR) is 97.2 cm³/mol. The maximum Gasteiger partial charge on any atom is 0.341 e. The number of thiophene rings is 1. The van der Waals surface area contributed by atoms with E-state index in [9.17, 15) is 9.59 Å². The Hall–Kier alpha value is -2.33. The van der Waals surface area contributed by atoms with Crippen LogP contribution in [-0.4, -0.2) is 18.0 Å². The molecule has 1 unspecified atom stereocenters. The van der Waals surface area contributed by atoms with Gasteiger partial charge in [0.2, 0.25) is 0 Å².